The molecule has 0 radical (unpaired) electrons. The maximum Gasteiger partial charge on any atom is 0.231 e. The van der Waals surface area contributed by atoms with Crippen molar-refractivity contribution < 1.29 is 14.2 Å². The highest BCUT2D eigenvalue weighted by Crippen LogP contribution is 2.40. The number of benzene rings is 1. The molecule has 3 heterocycles. The summed E-state index contributed by atoms with van der Waals surface area (Å²) in [6, 6.07) is 8.22. The first-order chi connectivity index (χ1) is 11.8. The van der Waals surface area contributed by atoms with Gasteiger partial charge in [-0.05, 0) is 37.5 Å². The summed E-state index contributed by atoms with van der Waals surface area (Å²) in [6.45, 7) is 4.59. The number of nitrogens with zero attached hydrogens (tertiary/aromatic N) is 2. The third kappa shape index (κ3) is 2.89. The van der Waals surface area contributed by atoms with Crippen LogP contribution in [-0.2, 0) is 10.2 Å². The van der Waals surface area contributed by atoms with Gasteiger partial charge in [-0.2, -0.15) is 0 Å². The maximum absolute atomic E-state index is 5.60. The first-order valence-corrected chi connectivity index (χ1v) is 8.26. The lowest BCUT2D eigenvalue weighted by molar-refractivity contribution is 0.0543. The fourth-order valence-electron chi connectivity index (χ4n) is 3.37. The normalized spacial score (nSPS) is 18.4. The highest BCUT2D eigenvalue weighted by atomic mass is 16.7. The van der Waals surface area contributed by atoms with Gasteiger partial charge in [-0.15, -0.1) is 0 Å². The van der Waals surface area contributed by atoms with Gasteiger partial charge in [0.25, 0.3) is 0 Å². The topological polar surface area (TPSA) is 65.5 Å². The molecule has 24 heavy (non-hydrogen) atoms. The molecule has 1 saturated heterocycles. The molecule has 2 aliphatic rings. The van der Waals surface area contributed by atoms with Gasteiger partial charge in [-0.3, -0.25) is 0 Å². The molecule has 1 N–H and O–H groups in total. The number of rotatable bonds is 4. The van der Waals surface area contributed by atoms with Crippen molar-refractivity contribution >= 4 is 5.82 Å². The quantitative estimate of drug-likeness (QED) is 0.931. The summed E-state index contributed by atoms with van der Waals surface area (Å²) in [4.78, 5) is 8.46. The van der Waals surface area contributed by atoms with Crippen molar-refractivity contribution in [1.82, 2.24) is 9.97 Å². The van der Waals surface area contributed by atoms with Crippen LogP contribution < -0.4 is 14.8 Å². The van der Waals surface area contributed by atoms with E-state index in [1.165, 1.54) is 5.56 Å². The van der Waals surface area contributed by atoms with Crippen LogP contribution in [0.5, 0.6) is 11.5 Å². The molecule has 0 amide bonds. The average molecular weight is 327 g/mol. The summed E-state index contributed by atoms with van der Waals surface area (Å²) in [7, 11) is 0. The van der Waals surface area contributed by atoms with E-state index in [1.807, 2.05) is 19.1 Å². The van der Waals surface area contributed by atoms with Crippen molar-refractivity contribution in [2.24, 2.45) is 0 Å². The predicted octanol–water partition coefficient (Wildman–Crippen LogP) is 2.67. The second kappa shape index (κ2) is 6.28. The Hall–Kier alpha value is -2.34. The van der Waals surface area contributed by atoms with E-state index in [1.54, 1.807) is 6.33 Å². The molecule has 0 atom stereocenters. The minimum Gasteiger partial charge on any atom is -0.454 e. The first kappa shape index (κ1) is 15.2. The molecule has 0 saturated carbocycles. The van der Waals surface area contributed by atoms with Crippen LogP contribution in [0.3, 0.4) is 0 Å². The highest BCUT2D eigenvalue weighted by molar-refractivity contribution is 5.47. The Labute approximate surface area is 141 Å². The maximum atomic E-state index is 5.60. The Morgan fingerprint density at radius 2 is 1.92 bits per heavy atom. The van der Waals surface area contributed by atoms with Gasteiger partial charge in [-0.1, -0.05) is 6.07 Å². The van der Waals surface area contributed by atoms with Gasteiger partial charge in [0.15, 0.2) is 11.5 Å². The Morgan fingerprint density at radius 3 is 2.75 bits per heavy atom. The van der Waals surface area contributed by atoms with Crippen molar-refractivity contribution in [3.8, 4) is 11.5 Å². The number of aryl methyl sites for hydroxylation is 1. The van der Waals surface area contributed by atoms with Crippen LogP contribution in [0, 0.1) is 6.92 Å². The van der Waals surface area contributed by atoms with E-state index >= 15 is 0 Å². The summed E-state index contributed by atoms with van der Waals surface area (Å²) < 4.78 is 16.6. The zero-order valence-corrected chi connectivity index (χ0v) is 13.7. The summed E-state index contributed by atoms with van der Waals surface area (Å²) in [6.07, 6.45) is 3.52. The van der Waals surface area contributed by atoms with Gasteiger partial charge >= 0.3 is 0 Å². The minimum atomic E-state index is -0.00190. The van der Waals surface area contributed by atoms with Gasteiger partial charge in [0.1, 0.15) is 12.1 Å². The summed E-state index contributed by atoms with van der Waals surface area (Å²) in [5, 5.41) is 3.48. The van der Waals surface area contributed by atoms with Crippen LogP contribution in [-0.4, -0.2) is 36.5 Å². The third-order valence-corrected chi connectivity index (χ3v) is 4.85. The van der Waals surface area contributed by atoms with Crippen molar-refractivity contribution in [2.45, 2.75) is 25.2 Å². The van der Waals surface area contributed by atoms with Crippen molar-refractivity contribution in [1.29, 1.82) is 0 Å². The number of nitrogens with one attached hydrogen (secondary N) is 1. The fourth-order valence-corrected chi connectivity index (χ4v) is 3.37. The van der Waals surface area contributed by atoms with Crippen LogP contribution in [0.25, 0.3) is 0 Å². The zero-order valence-electron chi connectivity index (χ0n) is 13.7. The Balaban J connectivity index is 1.60. The number of hydrogen-bond acceptors (Lipinski definition) is 6. The molecule has 4 rings (SSSR count). The molecular formula is C18H21N3O3. The molecule has 6 heteroatoms. The van der Waals surface area contributed by atoms with Gasteiger partial charge in [-0.25, -0.2) is 9.97 Å². The summed E-state index contributed by atoms with van der Waals surface area (Å²) in [5.74, 6) is 2.51. The van der Waals surface area contributed by atoms with Gasteiger partial charge in [0.05, 0.1) is 0 Å². The molecule has 1 aromatic heterocycles. The van der Waals surface area contributed by atoms with E-state index in [-0.39, 0.29) is 5.41 Å². The lowest BCUT2D eigenvalue weighted by Crippen LogP contribution is -2.40. The second-order valence-electron chi connectivity index (χ2n) is 6.36. The van der Waals surface area contributed by atoms with Crippen molar-refractivity contribution in [3.05, 3.63) is 41.9 Å². The molecule has 126 valence electrons. The predicted molar refractivity (Wildman–Crippen MR) is 89.6 cm³/mol. The Kier molecular flexibility index (Phi) is 3.98. The highest BCUT2D eigenvalue weighted by Gasteiger charge is 2.35. The van der Waals surface area contributed by atoms with Crippen LogP contribution in [0.2, 0.25) is 0 Å². The molecule has 1 fully saturated rings. The molecule has 2 aromatic rings. The lowest BCUT2D eigenvalue weighted by atomic mass is 9.74. The lowest BCUT2D eigenvalue weighted by Gasteiger charge is -2.38. The van der Waals surface area contributed by atoms with E-state index in [4.69, 9.17) is 14.2 Å². The standard InChI is InChI=1S/C18H21N3O3/c1-13-8-17(21-11-20-13)19-10-18(4-6-22-7-5-18)14-2-3-15-16(9-14)24-12-23-15/h2-3,8-9,11H,4-7,10,12H2,1H3,(H,19,20,21). The zero-order chi connectivity index (χ0) is 16.4. The Morgan fingerprint density at radius 1 is 1.08 bits per heavy atom. The number of aromatic nitrogens is 2. The summed E-state index contributed by atoms with van der Waals surface area (Å²) >= 11 is 0. The van der Waals surface area contributed by atoms with Crippen molar-refractivity contribution in [3.63, 3.8) is 0 Å². The van der Waals surface area contributed by atoms with Gasteiger partial charge in [0.2, 0.25) is 6.79 Å². The van der Waals surface area contributed by atoms with Crippen LogP contribution in [0.4, 0.5) is 5.82 Å². The van der Waals surface area contributed by atoms with E-state index in [0.717, 1.165) is 55.6 Å². The molecule has 0 bridgehead atoms. The van der Waals surface area contributed by atoms with E-state index in [2.05, 4.69) is 27.4 Å². The molecule has 6 nitrogen and oxygen atoms in total. The smallest absolute Gasteiger partial charge is 0.231 e. The van der Waals surface area contributed by atoms with E-state index in [9.17, 15) is 0 Å². The van der Waals surface area contributed by atoms with Crippen LogP contribution in [0.1, 0.15) is 24.1 Å². The first-order valence-electron chi connectivity index (χ1n) is 8.26. The summed E-state index contributed by atoms with van der Waals surface area (Å²) in [5.41, 5.74) is 2.21. The largest absolute Gasteiger partial charge is 0.454 e. The molecular weight excluding hydrogens is 306 g/mol. The third-order valence-electron chi connectivity index (χ3n) is 4.85. The number of ether oxygens (including phenoxy) is 3. The molecule has 1 aromatic carbocycles. The van der Waals surface area contributed by atoms with Crippen molar-refractivity contribution in [2.75, 3.05) is 31.9 Å². The second-order valence-corrected chi connectivity index (χ2v) is 6.36. The van der Waals surface area contributed by atoms with E-state index in [0.29, 0.717) is 6.79 Å². The number of anilines is 1. The fraction of sp³-hybridized carbons (Fsp3) is 0.444. The van der Waals surface area contributed by atoms with E-state index < -0.39 is 0 Å². The molecule has 2 aliphatic heterocycles. The minimum absolute atomic E-state index is 0.00190. The number of fused-ring (bicyclic) bond motifs is 1. The van der Waals surface area contributed by atoms with Gasteiger partial charge in [0, 0.05) is 36.9 Å². The average Bonchev–Trinajstić information content (AvgIpc) is 3.09. The van der Waals surface area contributed by atoms with Crippen LogP contribution in [0.15, 0.2) is 30.6 Å². The monoisotopic (exact) mass is 327 g/mol. The number of hydrogen-bond donors (Lipinski definition) is 1. The van der Waals surface area contributed by atoms with Gasteiger partial charge < -0.3 is 19.5 Å². The Bertz CT molecular complexity index is 729. The van der Waals surface area contributed by atoms with Crippen LogP contribution >= 0.6 is 0 Å². The molecule has 0 aliphatic carbocycles. The molecule has 0 spiro atoms. The molecule has 0 unspecified atom stereocenters. The SMILES string of the molecule is Cc1cc(NCC2(c3ccc4c(c3)OCO4)CCOCC2)ncn1.